The molecule has 3 rings (SSSR count). The molecule has 1 atom stereocenters. The first-order valence-electron chi connectivity index (χ1n) is 6.53. The molecule has 0 bridgehead atoms. The van der Waals surface area contributed by atoms with Crippen LogP contribution in [0.4, 0.5) is 0 Å². The first-order chi connectivity index (χ1) is 11.0. The maximum Gasteiger partial charge on any atom is 0.241 e. The fourth-order valence-corrected chi connectivity index (χ4v) is 3.18. The van der Waals surface area contributed by atoms with Crippen molar-refractivity contribution in [1.82, 2.24) is 0 Å². The third-order valence-corrected chi connectivity index (χ3v) is 5.62. The van der Waals surface area contributed by atoms with Gasteiger partial charge in [-0.05, 0) is 49.6 Å². The molecule has 0 amide bonds. The van der Waals surface area contributed by atoms with Gasteiger partial charge in [0.15, 0.2) is 5.76 Å². The summed E-state index contributed by atoms with van der Waals surface area (Å²) in [5.41, 5.74) is 0.883. The number of hydrogen-bond acceptors (Lipinski definition) is 5. The summed E-state index contributed by atoms with van der Waals surface area (Å²) in [6, 6.07) is 6.76. The molecule has 7 heteroatoms. The van der Waals surface area contributed by atoms with E-state index in [1.807, 2.05) is 0 Å². The molecule has 0 radical (unpaired) electrons. The minimum Gasteiger partial charge on any atom is -0.497 e. The average molecular weight is 442 g/mol. The number of Topliss-reactive ketones (excluding diaryl/α,β-unsaturated/α-hetero) is 2. The molecule has 0 saturated heterocycles. The molecule has 1 N–H and O–H groups in total. The highest BCUT2D eigenvalue weighted by atomic mass is 79.9. The molecular weight excluding hydrogens is 432 g/mol. The van der Waals surface area contributed by atoms with Crippen LogP contribution in [0, 0.1) is 0 Å². The number of carbonyl (C=O) groups excluding carboxylic acids is 2. The fourth-order valence-electron chi connectivity index (χ4n) is 2.35. The first-order valence-corrected chi connectivity index (χ1v) is 8.12. The summed E-state index contributed by atoms with van der Waals surface area (Å²) in [6.07, 6.45) is 0.194. The standard InChI is InChI=1S/C16H10Br2O5/c1-22-8-4-2-7(3-5-8)13(19)9-6-23-16-10(9)14(20)15(21)11(17)12(16)18/h2-6,13,19H,1H3. The van der Waals surface area contributed by atoms with Crippen molar-refractivity contribution in [2.45, 2.75) is 6.10 Å². The van der Waals surface area contributed by atoms with Gasteiger partial charge >= 0.3 is 0 Å². The molecule has 1 aliphatic carbocycles. The second kappa shape index (κ2) is 6.07. The number of allylic oxidation sites excluding steroid dienone is 1. The van der Waals surface area contributed by atoms with Crippen LogP contribution >= 0.6 is 31.9 Å². The second-order valence-corrected chi connectivity index (χ2v) is 6.44. The van der Waals surface area contributed by atoms with E-state index in [9.17, 15) is 14.7 Å². The molecule has 2 aromatic rings. The Kier molecular flexibility index (Phi) is 4.27. The quantitative estimate of drug-likeness (QED) is 0.736. The fraction of sp³-hybridized carbons (Fsp3) is 0.125. The number of carbonyl (C=O) groups is 2. The van der Waals surface area contributed by atoms with Crippen molar-refractivity contribution in [2.75, 3.05) is 7.11 Å². The van der Waals surface area contributed by atoms with Crippen molar-refractivity contribution in [1.29, 1.82) is 0 Å². The van der Waals surface area contributed by atoms with Crippen molar-refractivity contribution >= 4 is 47.9 Å². The predicted octanol–water partition coefficient (Wildman–Crippen LogP) is 3.59. The van der Waals surface area contributed by atoms with Gasteiger partial charge in [-0.2, -0.15) is 0 Å². The molecule has 1 aromatic heterocycles. The lowest BCUT2D eigenvalue weighted by Crippen LogP contribution is -2.21. The van der Waals surface area contributed by atoms with Crippen LogP contribution in [0.2, 0.25) is 0 Å². The van der Waals surface area contributed by atoms with Gasteiger partial charge in [-0.3, -0.25) is 9.59 Å². The summed E-state index contributed by atoms with van der Waals surface area (Å²) >= 11 is 6.29. The first kappa shape index (κ1) is 16.2. The van der Waals surface area contributed by atoms with Gasteiger partial charge in [-0.15, -0.1) is 0 Å². The Bertz CT molecular complexity index is 833. The summed E-state index contributed by atoms with van der Waals surface area (Å²) in [7, 11) is 1.55. The number of aliphatic hydroxyl groups excluding tert-OH is 1. The van der Waals surface area contributed by atoms with E-state index in [4.69, 9.17) is 9.15 Å². The molecule has 0 saturated carbocycles. The number of fused-ring (bicyclic) bond motifs is 1. The number of hydrogen-bond donors (Lipinski definition) is 1. The summed E-state index contributed by atoms with van der Waals surface area (Å²) in [5, 5.41) is 10.5. The molecule has 5 nitrogen and oxygen atoms in total. The zero-order chi connectivity index (χ0) is 16.7. The van der Waals surface area contributed by atoms with Crippen molar-refractivity contribution in [2.24, 2.45) is 0 Å². The maximum atomic E-state index is 12.3. The van der Waals surface area contributed by atoms with E-state index < -0.39 is 17.7 Å². The third kappa shape index (κ3) is 2.58. The number of ketones is 2. The van der Waals surface area contributed by atoms with Gasteiger partial charge in [0.1, 0.15) is 11.9 Å². The van der Waals surface area contributed by atoms with Crippen molar-refractivity contribution < 1.29 is 23.8 Å². The summed E-state index contributed by atoms with van der Waals surface area (Å²) < 4.78 is 10.9. The summed E-state index contributed by atoms with van der Waals surface area (Å²) in [4.78, 5) is 24.2. The molecule has 1 aliphatic rings. The lowest BCUT2D eigenvalue weighted by molar-refractivity contribution is -0.111. The van der Waals surface area contributed by atoms with E-state index in [0.717, 1.165) is 0 Å². The van der Waals surface area contributed by atoms with Crippen molar-refractivity contribution in [3.63, 3.8) is 0 Å². The van der Waals surface area contributed by atoms with Crippen LogP contribution in [0.5, 0.6) is 5.75 Å². The topological polar surface area (TPSA) is 76.7 Å². The summed E-state index contributed by atoms with van der Waals surface area (Å²) in [6.45, 7) is 0. The van der Waals surface area contributed by atoms with Gasteiger partial charge in [0.25, 0.3) is 0 Å². The minimum atomic E-state index is -1.10. The predicted molar refractivity (Wildman–Crippen MR) is 89.9 cm³/mol. The van der Waals surface area contributed by atoms with Crippen LogP contribution in [-0.4, -0.2) is 23.8 Å². The van der Waals surface area contributed by atoms with Crippen molar-refractivity contribution in [3.05, 3.63) is 57.5 Å². The number of ether oxygens (including phenoxy) is 1. The third-order valence-electron chi connectivity index (χ3n) is 3.57. The van der Waals surface area contributed by atoms with Crippen LogP contribution in [-0.2, 0) is 4.79 Å². The van der Waals surface area contributed by atoms with Gasteiger partial charge < -0.3 is 14.3 Å². The number of benzene rings is 1. The Morgan fingerprint density at radius 3 is 2.35 bits per heavy atom. The lowest BCUT2D eigenvalue weighted by Gasteiger charge is -2.14. The number of methoxy groups -OCH3 is 1. The largest absolute Gasteiger partial charge is 0.497 e. The molecule has 1 unspecified atom stereocenters. The Balaban J connectivity index is 2.07. The van der Waals surface area contributed by atoms with E-state index in [-0.39, 0.29) is 21.4 Å². The smallest absolute Gasteiger partial charge is 0.241 e. The van der Waals surface area contributed by atoms with Gasteiger partial charge in [0.05, 0.1) is 27.9 Å². The Morgan fingerprint density at radius 2 is 1.74 bits per heavy atom. The van der Waals surface area contributed by atoms with Crippen LogP contribution in [0.25, 0.3) is 4.48 Å². The van der Waals surface area contributed by atoms with E-state index in [1.54, 1.807) is 31.4 Å². The van der Waals surface area contributed by atoms with Gasteiger partial charge in [-0.25, -0.2) is 0 Å². The molecule has 23 heavy (non-hydrogen) atoms. The van der Waals surface area contributed by atoms with Crippen molar-refractivity contribution in [3.8, 4) is 5.75 Å². The summed E-state index contributed by atoms with van der Waals surface area (Å²) in [5.74, 6) is -0.527. The highest BCUT2D eigenvalue weighted by Gasteiger charge is 2.37. The SMILES string of the molecule is COc1ccc(C(O)c2coc3c2C(=O)C(=O)C(Br)=C3Br)cc1. The van der Waals surface area contributed by atoms with Crippen LogP contribution in [0.15, 0.2) is 39.4 Å². The zero-order valence-electron chi connectivity index (χ0n) is 11.8. The molecule has 118 valence electrons. The Hall–Kier alpha value is -1.70. The van der Waals surface area contributed by atoms with E-state index >= 15 is 0 Å². The van der Waals surface area contributed by atoms with Gasteiger partial charge in [-0.1, -0.05) is 12.1 Å². The highest BCUT2D eigenvalue weighted by molar-refractivity contribution is 9.16. The number of aliphatic hydroxyl groups is 1. The maximum absolute atomic E-state index is 12.3. The van der Waals surface area contributed by atoms with Crippen LogP contribution < -0.4 is 4.74 Å². The molecule has 1 aromatic carbocycles. The minimum absolute atomic E-state index is 0.0772. The van der Waals surface area contributed by atoms with E-state index in [1.165, 1.54) is 6.26 Å². The number of furan rings is 1. The Morgan fingerprint density at radius 1 is 1.09 bits per heavy atom. The van der Waals surface area contributed by atoms with E-state index in [0.29, 0.717) is 15.8 Å². The average Bonchev–Trinajstić information content (AvgIpc) is 3.02. The normalized spacial score (nSPS) is 15.7. The van der Waals surface area contributed by atoms with Gasteiger partial charge in [0, 0.05) is 5.56 Å². The van der Waals surface area contributed by atoms with Crippen LogP contribution in [0.1, 0.15) is 33.3 Å². The number of rotatable bonds is 3. The molecular formula is C16H10Br2O5. The molecule has 0 fully saturated rings. The van der Waals surface area contributed by atoms with Gasteiger partial charge in [0.2, 0.25) is 11.6 Å². The molecule has 1 heterocycles. The number of halogens is 2. The Labute approximate surface area is 148 Å². The molecule has 0 aliphatic heterocycles. The zero-order valence-corrected chi connectivity index (χ0v) is 15.0. The second-order valence-electron chi connectivity index (χ2n) is 4.86. The highest BCUT2D eigenvalue weighted by Crippen LogP contribution is 2.41. The van der Waals surface area contributed by atoms with Crippen LogP contribution in [0.3, 0.4) is 0 Å². The lowest BCUT2D eigenvalue weighted by atomic mass is 9.93. The van der Waals surface area contributed by atoms with E-state index in [2.05, 4.69) is 31.9 Å². The molecule has 0 spiro atoms. The monoisotopic (exact) mass is 440 g/mol.